The van der Waals surface area contributed by atoms with Gasteiger partial charge in [-0.2, -0.15) is 0 Å². The highest BCUT2D eigenvalue weighted by Crippen LogP contribution is 2.21. The van der Waals surface area contributed by atoms with E-state index < -0.39 is 0 Å². The Morgan fingerprint density at radius 1 is 0.970 bits per heavy atom. The van der Waals surface area contributed by atoms with Crippen molar-refractivity contribution in [2.24, 2.45) is 0 Å². The van der Waals surface area contributed by atoms with Gasteiger partial charge in [0.05, 0.1) is 12.3 Å². The molecule has 7 heteroatoms. The van der Waals surface area contributed by atoms with Crippen LogP contribution in [0.3, 0.4) is 0 Å². The summed E-state index contributed by atoms with van der Waals surface area (Å²) in [5.41, 5.74) is 3.76. The van der Waals surface area contributed by atoms with Crippen LogP contribution < -0.4 is 5.32 Å². The second-order valence-corrected chi connectivity index (χ2v) is 8.39. The molecule has 3 heterocycles. The first-order valence-electron chi connectivity index (χ1n) is 11.3. The summed E-state index contributed by atoms with van der Waals surface area (Å²) in [5.74, 6) is 1.78. The fourth-order valence-electron chi connectivity index (χ4n) is 4.30. The molecule has 2 aromatic carbocycles. The minimum atomic E-state index is -0.263. The zero-order chi connectivity index (χ0) is 22.6. The summed E-state index contributed by atoms with van der Waals surface area (Å²) in [5, 5.41) is 11.7. The summed E-state index contributed by atoms with van der Waals surface area (Å²) < 4.78 is 7.33. The molecule has 0 bridgehead atoms. The predicted molar refractivity (Wildman–Crippen MR) is 125 cm³/mol. The van der Waals surface area contributed by atoms with Gasteiger partial charge in [-0.25, -0.2) is 0 Å². The van der Waals surface area contributed by atoms with Crippen molar-refractivity contribution in [2.75, 3.05) is 13.1 Å². The number of hydrogen-bond acceptors (Lipinski definition) is 5. The molecule has 1 N–H and O–H groups in total. The Bertz CT molecular complexity index is 1200. The molecule has 7 nitrogen and oxygen atoms in total. The molecular formula is C26H27N5O2. The van der Waals surface area contributed by atoms with Gasteiger partial charge in [-0.05, 0) is 35.7 Å². The minimum absolute atomic E-state index is 0.251. The zero-order valence-electron chi connectivity index (χ0n) is 18.6. The van der Waals surface area contributed by atoms with E-state index in [1.807, 2.05) is 13.0 Å². The molecule has 0 fully saturated rings. The number of furan rings is 1. The maximum absolute atomic E-state index is 12.3. The second-order valence-electron chi connectivity index (χ2n) is 8.39. The largest absolute Gasteiger partial charge is 0.459 e. The molecule has 1 aliphatic heterocycles. The first-order valence-corrected chi connectivity index (χ1v) is 11.3. The highest BCUT2D eigenvalue weighted by atomic mass is 16.3. The smallest absolute Gasteiger partial charge is 0.287 e. The van der Waals surface area contributed by atoms with E-state index in [9.17, 15) is 4.79 Å². The third kappa shape index (κ3) is 4.73. The van der Waals surface area contributed by atoms with Gasteiger partial charge in [0.15, 0.2) is 11.6 Å². The minimum Gasteiger partial charge on any atom is -0.459 e. The summed E-state index contributed by atoms with van der Waals surface area (Å²) in [4.78, 5) is 14.8. The zero-order valence-corrected chi connectivity index (χ0v) is 18.6. The molecule has 168 valence electrons. The molecule has 0 saturated carbocycles. The summed E-state index contributed by atoms with van der Waals surface area (Å²) in [6.07, 6.45) is 2.32. The van der Waals surface area contributed by atoms with Crippen LogP contribution in [0.25, 0.3) is 11.1 Å². The number of aromatic nitrogens is 3. The lowest BCUT2D eigenvalue weighted by atomic mass is 10.0. The van der Waals surface area contributed by atoms with Gasteiger partial charge in [0.25, 0.3) is 5.91 Å². The van der Waals surface area contributed by atoms with Crippen molar-refractivity contribution in [3.8, 4) is 11.1 Å². The van der Waals surface area contributed by atoms with E-state index in [2.05, 4.69) is 73.5 Å². The monoisotopic (exact) mass is 441 g/mol. The van der Waals surface area contributed by atoms with Crippen molar-refractivity contribution in [2.45, 2.75) is 32.5 Å². The van der Waals surface area contributed by atoms with Gasteiger partial charge < -0.3 is 14.3 Å². The van der Waals surface area contributed by atoms with Crippen LogP contribution >= 0.6 is 0 Å². The number of carbonyl (C=O) groups is 1. The van der Waals surface area contributed by atoms with Gasteiger partial charge >= 0.3 is 0 Å². The van der Waals surface area contributed by atoms with Gasteiger partial charge in [-0.1, -0.05) is 54.6 Å². The van der Waals surface area contributed by atoms with Crippen LogP contribution in [-0.4, -0.2) is 38.7 Å². The number of fused-ring (bicyclic) bond motifs is 1. The van der Waals surface area contributed by atoms with Crippen LogP contribution in [0.4, 0.5) is 0 Å². The van der Waals surface area contributed by atoms with Gasteiger partial charge in [-0.15, -0.1) is 10.2 Å². The van der Waals surface area contributed by atoms with Crippen LogP contribution in [0.15, 0.2) is 77.4 Å². The quantitative estimate of drug-likeness (QED) is 0.488. The van der Waals surface area contributed by atoms with Crippen LogP contribution in [0, 0.1) is 0 Å². The highest BCUT2D eigenvalue weighted by Gasteiger charge is 2.23. The molecular weight excluding hydrogens is 414 g/mol. The standard InChI is InChI=1S/C26H27N5O2/c1-19(27-26(32)23-8-5-17-33-23)25-29-28-24-13-14-30(15-16-31(24)25)18-20-9-11-22(12-10-20)21-6-3-2-4-7-21/h2-12,17,19H,13-16,18H2,1H3,(H,27,32)/t19-/m1/s1. The molecule has 1 amide bonds. The Morgan fingerprint density at radius 2 is 1.76 bits per heavy atom. The summed E-state index contributed by atoms with van der Waals surface area (Å²) in [7, 11) is 0. The molecule has 0 aliphatic carbocycles. The molecule has 0 radical (unpaired) electrons. The first kappa shape index (κ1) is 21.2. The summed E-state index contributed by atoms with van der Waals surface area (Å²) >= 11 is 0. The first-order chi connectivity index (χ1) is 16.2. The lowest BCUT2D eigenvalue weighted by Crippen LogP contribution is -2.30. The lowest BCUT2D eigenvalue weighted by molar-refractivity contribution is 0.0909. The maximum atomic E-state index is 12.3. The molecule has 1 atom stereocenters. The van der Waals surface area contributed by atoms with E-state index >= 15 is 0 Å². The van der Waals surface area contributed by atoms with Crippen LogP contribution in [0.1, 0.15) is 40.7 Å². The van der Waals surface area contributed by atoms with Gasteiger partial charge in [0.1, 0.15) is 5.82 Å². The summed E-state index contributed by atoms with van der Waals surface area (Å²) in [6, 6.07) is 22.3. The molecule has 0 unspecified atom stereocenters. The third-order valence-corrected chi connectivity index (χ3v) is 6.09. The molecule has 1 aliphatic rings. The van der Waals surface area contributed by atoms with Crippen LogP contribution in [0.5, 0.6) is 0 Å². The average molecular weight is 442 g/mol. The number of amides is 1. The van der Waals surface area contributed by atoms with Crippen molar-refractivity contribution < 1.29 is 9.21 Å². The van der Waals surface area contributed by atoms with Gasteiger partial charge in [0.2, 0.25) is 0 Å². The number of carbonyl (C=O) groups excluding carboxylic acids is 1. The number of hydrogen-bond donors (Lipinski definition) is 1. The average Bonchev–Trinajstić information content (AvgIpc) is 3.49. The van der Waals surface area contributed by atoms with E-state index in [1.165, 1.54) is 23.0 Å². The highest BCUT2D eigenvalue weighted by molar-refractivity contribution is 5.91. The van der Waals surface area contributed by atoms with Crippen molar-refractivity contribution >= 4 is 5.91 Å². The fourth-order valence-corrected chi connectivity index (χ4v) is 4.30. The maximum Gasteiger partial charge on any atom is 0.287 e. The Labute approximate surface area is 193 Å². The Kier molecular flexibility index (Phi) is 6.04. The number of rotatable bonds is 6. The Morgan fingerprint density at radius 3 is 2.52 bits per heavy atom. The molecule has 4 aromatic rings. The molecule has 0 saturated heterocycles. The van der Waals surface area contributed by atoms with E-state index in [0.29, 0.717) is 5.76 Å². The van der Waals surface area contributed by atoms with E-state index in [4.69, 9.17) is 4.42 Å². The SMILES string of the molecule is C[C@@H](NC(=O)c1ccco1)c1nnc2n1CCN(Cc1ccc(-c3ccccc3)cc1)CC2. The molecule has 2 aromatic heterocycles. The predicted octanol–water partition coefficient (Wildman–Crippen LogP) is 4.09. The summed E-state index contributed by atoms with van der Waals surface area (Å²) in [6.45, 7) is 5.44. The number of benzene rings is 2. The van der Waals surface area contributed by atoms with Crippen molar-refractivity contribution in [1.29, 1.82) is 0 Å². The second kappa shape index (κ2) is 9.42. The molecule has 5 rings (SSSR count). The van der Waals surface area contributed by atoms with E-state index in [0.717, 1.165) is 44.2 Å². The van der Waals surface area contributed by atoms with Crippen LogP contribution in [0.2, 0.25) is 0 Å². The third-order valence-electron chi connectivity index (χ3n) is 6.09. The topological polar surface area (TPSA) is 76.2 Å². The van der Waals surface area contributed by atoms with E-state index in [-0.39, 0.29) is 11.9 Å². The number of nitrogens with zero attached hydrogens (tertiary/aromatic N) is 4. The van der Waals surface area contributed by atoms with Crippen molar-refractivity contribution in [1.82, 2.24) is 25.0 Å². The van der Waals surface area contributed by atoms with E-state index in [1.54, 1.807) is 12.1 Å². The van der Waals surface area contributed by atoms with Crippen molar-refractivity contribution in [3.63, 3.8) is 0 Å². The lowest BCUT2D eigenvalue weighted by Gasteiger charge is -2.20. The molecule has 33 heavy (non-hydrogen) atoms. The normalized spacial score (nSPS) is 14.9. The Balaban J connectivity index is 1.22. The van der Waals surface area contributed by atoms with Gasteiger partial charge in [0, 0.05) is 32.6 Å². The Hall–Kier alpha value is -3.71. The van der Waals surface area contributed by atoms with Crippen LogP contribution in [-0.2, 0) is 19.5 Å². The van der Waals surface area contributed by atoms with Gasteiger partial charge in [-0.3, -0.25) is 9.69 Å². The fraction of sp³-hybridized carbons (Fsp3) is 0.269. The van der Waals surface area contributed by atoms with Crippen molar-refractivity contribution in [3.05, 3.63) is 96.0 Å². The number of nitrogens with one attached hydrogen (secondary N) is 1. The molecule has 0 spiro atoms.